The fraction of sp³-hybridized carbons (Fsp3) is 0.579. The third kappa shape index (κ3) is 3.41. The van der Waals surface area contributed by atoms with Crippen LogP contribution in [0.2, 0.25) is 0 Å². The minimum atomic E-state index is 0.320. The monoisotopic (exact) mass is 313 g/mol. The van der Waals surface area contributed by atoms with Gasteiger partial charge < -0.3 is 4.74 Å². The summed E-state index contributed by atoms with van der Waals surface area (Å²) in [6, 6.07) is 2.04. The average Bonchev–Trinajstić information content (AvgIpc) is 3.32. The van der Waals surface area contributed by atoms with E-state index in [9.17, 15) is 0 Å². The summed E-state index contributed by atoms with van der Waals surface area (Å²) in [5.74, 6) is 1.64. The van der Waals surface area contributed by atoms with Crippen LogP contribution < -0.4 is 4.74 Å². The van der Waals surface area contributed by atoms with Gasteiger partial charge in [-0.1, -0.05) is 32.8 Å². The third-order valence-electron chi connectivity index (χ3n) is 5.41. The number of aromatic nitrogens is 3. The van der Waals surface area contributed by atoms with E-state index in [-0.39, 0.29) is 0 Å². The molecule has 0 bridgehead atoms. The maximum Gasteiger partial charge on any atom is 0.164 e. The fourth-order valence-corrected chi connectivity index (χ4v) is 3.37. The Morgan fingerprint density at radius 1 is 1.39 bits per heavy atom. The predicted octanol–water partition coefficient (Wildman–Crippen LogP) is 4.76. The highest BCUT2D eigenvalue weighted by molar-refractivity contribution is 5.49. The number of hydrogen-bond acceptors (Lipinski definition) is 3. The van der Waals surface area contributed by atoms with Crippen molar-refractivity contribution in [2.24, 2.45) is 5.41 Å². The van der Waals surface area contributed by atoms with Crippen LogP contribution in [0.15, 0.2) is 31.2 Å². The van der Waals surface area contributed by atoms with Gasteiger partial charge in [-0.05, 0) is 37.0 Å². The van der Waals surface area contributed by atoms with Gasteiger partial charge in [0.05, 0.1) is 6.61 Å². The minimum absolute atomic E-state index is 0.320. The van der Waals surface area contributed by atoms with Gasteiger partial charge in [0.15, 0.2) is 5.65 Å². The van der Waals surface area contributed by atoms with E-state index in [4.69, 9.17) is 4.74 Å². The average molecular weight is 313 g/mol. The van der Waals surface area contributed by atoms with E-state index in [1.807, 2.05) is 16.5 Å². The fourth-order valence-electron chi connectivity index (χ4n) is 3.37. The molecule has 0 amide bonds. The van der Waals surface area contributed by atoms with Gasteiger partial charge in [0.2, 0.25) is 0 Å². The smallest absolute Gasteiger partial charge is 0.164 e. The van der Waals surface area contributed by atoms with Crippen LogP contribution in [-0.2, 0) is 0 Å². The van der Waals surface area contributed by atoms with Crippen molar-refractivity contribution in [1.29, 1.82) is 0 Å². The second-order valence-electron chi connectivity index (χ2n) is 6.76. The SMILES string of the molecule is C=CCC(CC)(CC)CCOc1cc2nncn2cc1C1CC1. The standard InChI is InChI=1S/C19H27N3O/c1-4-9-19(5-2,6-3)10-11-23-17-12-18-21-20-14-22(18)13-16(17)15-7-8-15/h4,12-15H,1,5-11H2,2-3H3. The predicted molar refractivity (Wildman–Crippen MR) is 92.9 cm³/mol. The topological polar surface area (TPSA) is 39.4 Å². The van der Waals surface area contributed by atoms with Crippen molar-refractivity contribution in [3.63, 3.8) is 0 Å². The lowest BCUT2D eigenvalue weighted by Crippen LogP contribution is -2.21. The van der Waals surface area contributed by atoms with Gasteiger partial charge >= 0.3 is 0 Å². The van der Waals surface area contributed by atoms with Crippen molar-refractivity contribution in [3.05, 3.63) is 36.8 Å². The Morgan fingerprint density at radius 3 is 2.83 bits per heavy atom. The summed E-state index contributed by atoms with van der Waals surface area (Å²) in [7, 11) is 0. The van der Waals surface area contributed by atoms with Crippen LogP contribution in [-0.4, -0.2) is 21.2 Å². The molecule has 124 valence electrons. The van der Waals surface area contributed by atoms with Crippen LogP contribution in [0.1, 0.15) is 63.9 Å². The minimum Gasteiger partial charge on any atom is -0.493 e. The number of ether oxygens (including phenoxy) is 1. The van der Waals surface area contributed by atoms with E-state index < -0.39 is 0 Å². The third-order valence-corrected chi connectivity index (χ3v) is 5.41. The first-order chi connectivity index (χ1) is 11.2. The highest BCUT2D eigenvalue weighted by Crippen LogP contribution is 2.44. The van der Waals surface area contributed by atoms with Gasteiger partial charge in [-0.2, -0.15) is 0 Å². The zero-order valence-electron chi connectivity index (χ0n) is 14.3. The van der Waals surface area contributed by atoms with Crippen LogP contribution in [0.5, 0.6) is 5.75 Å². The summed E-state index contributed by atoms with van der Waals surface area (Å²) in [6.07, 6.45) is 12.9. The lowest BCUT2D eigenvalue weighted by atomic mass is 9.77. The van der Waals surface area contributed by atoms with Crippen LogP contribution in [0.3, 0.4) is 0 Å². The molecule has 1 saturated carbocycles. The molecule has 0 N–H and O–H groups in total. The van der Waals surface area contributed by atoms with Gasteiger partial charge in [-0.25, -0.2) is 0 Å². The lowest BCUT2D eigenvalue weighted by molar-refractivity contribution is 0.181. The normalized spacial score (nSPS) is 15.0. The highest BCUT2D eigenvalue weighted by atomic mass is 16.5. The lowest BCUT2D eigenvalue weighted by Gasteiger charge is -2.30. The van der Waals surface area contributed by atoms with Crippen molar-refractivity contribution in [2.45, 2.75) is 58.3 Å². The summed E-state index contributed by atoms with van der Waals surface area (Å²) in [5.41, 5.74) is 2.48. The Labute approximate surface area is 138 Å². The molecule has 3 rings (SSSR count). The molecule has 0 saturated heterocycles. The Hall–Kier alpha value is -1.84. The van der Waals surface area contributed by atoms with Crippen LogP contribution in [0.4, 0.5) is 0 Å². The number of allylic oxidation sites excluding steroid dienone is 1. The van der Waals surface area contributed by atoms with E-state index in [0.29, 0.717) is 11.3 Å². The number of hydrogen-bond donors (Lipinski definition) is 0. The first-order valence-corrected chi connectivity index (χ1v) is 8.78. The quantitative estimate of drug-likeness (QED) is 0.627. The summed E-state index contributed by atoms with van der Waals surface area (Å²) < 4.78 is 8.19. The Morgan fingerprint density at radius 2 is 2.17 bits per heavy atom. The van der Waals surface area contributed by atoms with Gasteiger partial charge in [0.1, 0.15) is 12.1 Å². The molecule has 1 aliphatic rings. The molecule has 0 radical (unpaired) electrons. The molecule has 4 nitrogen and oxygen atoms in total. The maximum atomic E-state index is 6.21. The number of fused-ring (bicyclic) bond motifs is 1. The number of nitrogens with zero attached hydrogens (tertiary/aromatic N) is 3. The van der Waals surface area contributed by atoms with Gasteiger partial charge in [-0.15, -0.1) is 16.8 Å². The molecule has 2 heterocycles. The molecule has 1 fully saturated rings. The van der Waals surface area contributed by atoms with E-state index >= 15 is 0 Å². The van der Waals surface area contributed by atoms with Gasteiger partial charge in [0.25, 0.3) is 0 Å². The molecule has 1 aliphatic carbocycles. The largest absolute Gasteiger partial charge is 0.493 e. The van der Waals surface area contributed by atoms with E-state index in [0.717, 1.165) is 43.7 Å². The molecule has 4 heteroatoms. The molecule has 2 aromatic heterocycles. The second-order valence-corrected chi connectivity index (χ2v) is 6.76. The zero-order valence-corrected chi connectivity index (χ0v) is 14.3. The zero-order chi connectivity index (χ0) is 16.3. The van der Waals surface area contributed by atoms with Gasteiger partial charge in [0, 0.05) is 17.8 Å². The second kappa shape index (κ2) is 6.73. The maximum absolute atomic E-state index is 6.21. The number of rotatable bonds is 9. The van der Waals surface area contributed by atoms with E-state index in [1.54, 1.807) is 6.33 Å². The summed E-state index contributed by atoms with van der Waals surface area (Å²) in [6.45, 7) is 9.21. The molecule has 0 atom stereocenters. The van der Waals surface area contributed by atoms with Crippen LogP contribution in [0, 0.1) is 5.41 Å². The summed E-state index contributed by atoms with van der Waals surface area (Å²) in [4.78, 5) is 0. The Balaban J connectivity index is 1.73. The van der Waals surface area contributed by atoms with Gasteiger partial charge in [-0.3, -0.25) is 4.40 Å². The summed E-state index contributed by atoms with van der Waals surface area (Å²) >= 11 is 0. The molecular formula is C19H27N3O. The first-order valence-electron chi connectivity index (χ1n) is 8.78. The molecular weight excluding hydrogens is 286 g/mol. The van der Waals surface area contributed by atoms with E-state index in [2.05, 4.69) is 36.8 Å². The number of pyridine rings is 1. The molecule has 0 unspecified atom stereocenters. The van der Waals surface area contributed by atoms with E-state index in [1.165, 1.54) is 18.4 Å². The van der Waals surface area contributed by atoms with Crippen LogP contribution in [0.25, 0.3) is 5.65 Å². The van der Waals surface area contributed by atoms with Crippen molar-refractivity contribution in [3.8, 4) is 5.75 Å². The molecule has 0 aliphatic heterocycles. The summed E-state index contributed by atoms with van der Waals surface area (Å²) in [5, 5.41) is 8.12. The van der Waals surface area contributed by atoms with Crippen molar-refractivity contribution in [1.82, 2.24) is 14.6 Å². The first kappa shape index (κ1) is 16.0. The molecule has 2 aromatic rings. The molecule has 0 spiro atoms. The Kier molecular flexibility index (Phi) is 4.69. The Bertz CT molecular complexity index is 668. The molecule has 0 aromatic carbocycles. The van der Waals surface area contributed by atoms with Crippen LogP contribution >= 0.6 is 0 Å². The van der Waals surface area contributed by atoms with Crippen molar-refractivity contribution in [2.75, 3.05) is 6.61 Å². The van der Waals surface area contributed by atoms with Crippen molar-refractivity contribution >= 4 is 5.65 Å². The highest BCUT2D eigenvalue weighted by Gasteiger charge is 2.29. The van der Waals surface area contributed by atoms with Crippen molar-refractivity contribution < 1.29 is 4.74 Å². The molecule has 23 heavy (non-hydrogen) atoms.